The molecule has 4 nitrogen and oxygen atoms in total. The van der Waals surface area contributed by atoms with Crippen LogP contribution in [-0.2, 0) is 6.54 Å². The normalized spacial score (nSPS) is 13.3. The second-order valence-electron chi connectivity index (χ2n) is 4.13. The molecule has 0 heterocycles. The van der Waals surface area contributed by atoms with Crippen molar-refractivity contribution in [1.82, 2.24) is 5.32 Å². The zero-order valence-electron chi connectivity index (χ0n) is 10.00. The SMILES string of the molecule is CC(CC(F)(F)F)NCc1cc(Br)ccc1[N+](=O)[O-]. The lowest BCUT2D eigenvalue weighted by molar-refractivity contribution is -0.385. The van der Waals surface area contributed by atoms with Crippen LogP contribution in [0, 0.1) is 10.1 Å². The van der Waals surface area contributed by atoms with Gasteiger partial charge in [0.05, 0.1) is 11.3 Å². The maximum absolute atomic E-state index is 12.1. The van der Waals surface area contributed by atoms with Crippen LogP contribution in [-0.4, -0.2) is 17.1 Å². The van der Waals surface area contributed by atoms with E-state index in [4.69, 9.17) is 0 Å². The van der Waals surface area contributed by atoms with Gasteiger partial charge in [0.15, 0.2) is 0 Å². The minimum Gasteiger partial charge on any atom is -0.310 e. The summed E-state index contributed by atoms with van der Waals surface area (Å²) in [6.07, 6.45) is -5.23. The van der Waals surface area contributed by atoms with Crippen LogP contribution in [0.5, 0.6) is 0 Å². The highest BCUT2D eigenvalue weighted by molar-refractivity contribution is 9.10. The van der Waals surface area contributed by atoms with Crippen LogP contribution in [0.15, 0.2) is 22.7 Å². The van der Waals surface area contributed by atoms with Crippen LogP contribution >= 0.6 is 15.9 Å². The first kappa shape index (κ1) is 15.9. The second-order valence-corrected chi connectivity index (χ2v) is 5.05. The van der Waals surface area contributed by atoms with Gasteiger partial charge in [-0.1, -0.05) is 15.9 Å². The van der Waals surface area contributed by atoms with Crippen LogP contribution in [0.4, 0.5) is 18.9 Å². The molecule has 8 heteroatoms. The van der Waals surface area contributed by atoms with Gasteiger partial charge in [-0.25, -0.2) is 0 Å². The Hall–Kier alpha value is -1.15. The largest absolute Gasteiger partial charge is 0.390 e. The molecule has 1 atom stereocenters. The number of halogens is 4. The average Bonchev–Trinajstić information content (AvgIpc) is 2.23. The smallest absolute Gasteiger partial charge is 0.310 e. The molecule has 19 heavy (non-hydrogen) atoms. The molecule has 0 bridgehead atoms. The predicted molar refractivity (Wildman–Crippen MR) is 67.8 cm³/mol. The van der Waals surface area contributed by atoms with Crippen LogP contribution in [0.2, 0.25) is 0 Å². The lowest BCUT2D eigenvalue weighted by Crippen LogP contribution is -2.30. The quantitative estimate of drug-likeness (QED) is 0.655. The highest BCUT2D eigenvalue weighted by Gasteiger charge is 2.29. The fraction of sp³-hybridized carbons (Fsp3) is 0.455. The third-order valence-electron chi connectivity index (χ3n) is 2.42. The van der Waals surface area contributed by atoms with Gasteiger partial charge in [0, 0.05) is 28.7 Å². The number of rotatable bonds is 5. The molecule has 0 aliphatic rings. The van der Waals surface area contributed by atoms with Crippen molar-refractivity contribution in [2.24, 2.45) is 0 Å². The van der Waals surface area contributed by atoms with Gasteiger partial charge in [-0.15, -0.1) is 0 Å². The van der Waals surface area contributed by atoms with Gasteiger partial charge < -0.3 is 5.32 Å². The fourth-order valence-corrected chi connectivity index (χ4v) is 1.99. The van der Waals surface area contributed by atoms with E-state index in [2.05, 4.69) is 21.2 Å². The molecule has 0 aliphatic heterocycles. The van der Waals surface area contributed by atoms with E-state index in [0.29, 0.717) is 10.0 Å². The van der Waals surface area contributed by atoms with E-state index in [1.807, 2.05) is 0 Å². The summed E-state index contributed by atoms with van der Waals surface area (Å²) in [5.41, 5.74) is 0.225. The molecule has 0 spiro atoms. The Morgan fingerprint density at radius 1 is 1.47 bits per heavy atom. The molecule has 1 rings (SSSR count). The number of hydrogen-bond donors (Lipinski definition) is 1. The zero-order chi connectivity index (χ0) is 14.6. The van der Waals surface area contributed by atoms with Gasteiger partial charge in [0.2, 0.25) is 0 Å². The number of hydrogen-bond acceptors (Lipinski definition) is 3. The molecule has 1 N–H and O–H groups in total. The summed E-state index contributed by atoms with van der Waals surface area (Å²) in [6.45, 7) is 1.39. The maximum Gasteiger partial charge on any atom is 0.390 e. The summed E-state index contributed by atoms with van der Waals surface area (Å²) >= 11 is 3.17. The van der Waals surface area contributed by atoms with Crippen LogP contribution in [0.1, 0.15) is 18.9 Å². The Morgan fingerprint density at radius 3 is 2.63 bits per heavy atom. The Morgan fingerprint density at radius 2 is 2.11 bits per heavy atom. The maximum atomic E-state index is 12.1. The molecular weight excluding hydrogens is 329 g/mol. The van der Waals surface area contributed by atoms with Gasteiger partial charge in [0.1, 0.15) is 0 Å². The molecular formula is C11H12BrF3N2O2. The molecule has 1 aromatic carbocycles. The third kappa shape index (κ3) is 5.56. The average molecular weight is 341 g/mol. The number of nitro benzene ring substituents is 1. The molecule has 0 saturated carbocycles. The van der Waals surface area contributed by atoms with Gasteiger partial charge in [-0.2, -0.15) is 13.2 Å². The highest BCUT2D eigenvalue weighted by Crippen LogP contribution is 2.24. The summed E-state index contributed by atoms with van der Waals surface area (Å²) in [6, 6.07) is 3.54. The minimum atomic E-state index is -4.25. The van der Waals surface area contributed by atoms with Crippen molar-refractivity contribution in [3.8, 4) is 0 Å². The molecule has 1 unspecified atom stereocenters. The summed E-state index contributed by atoms with van der Waals surface area (Å²) in [7, 11) is 0. The van der Waals surface area contributed by atoms with Crippen molar-refractivity contribution >= 4 is 21.6 Å². The van der Waals surface area contributed by atoms with E-state index >= 15 is 0 Å². The highest BCUT2D eigenvalue weighted by atomic mass is 79.9. The lowest BCUT2D eigenvalue weighted by Gasteiger charge is -2.15. The first-order chi connectivity index (χ1) is 8.69. The van der Waals surface area contributed by atoms with E-state index in [-0.39, 0.29) is 12.2 Å². The van der Waals surface area contributed by atoms with Crippen molar-refractivity contribution in [2.45, 2.75) is 32.1 Å². The third-order valence-corrected chi connectivity index (χ3v) is 2.91. The predicted octanol–water partition coefficient (Wildman–Crippen LogP) is 3.79. The Kier molecular flexibility index (Phi) is 5.30. The standard InChI is InChI=1S/C11H12BrF3N2O2/c1-7(5-11(13,14)15)16-6-8-4-9(12)2-3-10(8)17(18)19/h2-4,7,16H,5-6H2,1H3. The van der Waals surface area contributed by atoms with Gasteiger partial charge in [-0.3, -0.25) is 10.1 Å². The van der Waals surface area contributed by atoms with Crippen molar-refractivity contribution in [3.63, 3.8) is 0 Å². The number of nitrogens with one attached hydrogen (secondary N) is 1. The first-order valence-electron chi connectivity index (χ1n) is 5.42. The van der Waals surface area contributed by atoms with Crippen LogP contribution < -0.4 is 5.32 Å². The van der Waals surface area contributed by atoms with Gasteiger partial charge in [-0.05, 0) is 19.1 Å². The Balaban J connectivity index is 2.72. The Labute approximate surface area is 116 Å². The van der Waals surface area contributed by atoms with E-state index in [1.165, 1.54) is 25.1 Å². The molecule has 1 aromatic rings. The molecule has 0 fully saturated rings. The van der Waals surface area contributed by atoms with Crippen molar-refractivity contribution in [2.75, 3.05) is 0 Å². The van der Waals surface area contributed by atoms with Crippen molar-refractivity contribution < 1.29 is 18.1 Å². The molecule has 0 amide bonds. The summed E-state index contributed by atoms with van der Waals surface area (Å²) in [4.78, 5) is 10.2. The molecule has 0 radical (unpaired) electrons. The monoisotopic (exact) mass is 340 g/mol. The first-order valence-corrected chi connectivity index (χ1v) is 6.21. The summed E-state index contributed by atoms with van der Waals surface area (Å²) in [5, 5.41) is 13.4. The van der Waals surface area contributed by atoms with Gasteiger partial charge in [0.25, 0.3) is 5.69 Å². The fourth-order valence-electron chi connectivity index (χ4n) is 1.58. The topological polar surface area (TPSA) is 55.2 Å². The lowest BCUT2D eigenvalue weighted by atomic mass is 10.1. The second kappa shape index (κ2) is 6.33. The van der Waals surface area contributed by atoms with E-state index in [0.717, 1.165) is 0 Å². The van der Waals surface area contributed by atoms with E-state index < -0.39 is 23.6 Å². The number of nitrogens with zero attached hydrogens (tertiary/aromatic N) is 1. The number of benzene rings is 1. The zero-order valence-corrected chi connectivity index (χ0v) is 11.6. The summed E-state index contributed by atoms with van der Waals surface area (Å²) in [5.74, 6) is 0. The van der Waals surface area contributed by atoms with Crippen molar-refractivity contribution in [1.29, 1.82) is 0 Å². The van der Waals surface area contributed by atoms with Crippen LogP contribution in [0.25, 0.3) is 0 Å². The van der Waals surface area contributed by atoms with E-state index in [1.54, 1.807) is 0 Å². The van der Waals surface area contributed by atoms with Crippen LogP contribution in [0.3, 0.4) is 0 Å². The minimum absolute atomic E-state index is 0.00694. The number of nitro groups is 1. The summed E-state index contributed by atoms with van der Waals surface area (Å²) < 4.78 is 37.1. The molecule has 0 aromatic heterocycles. The van der Waals surface area contributed by atoms with Crippen molar-refractivity contribution in [3.05, 3.63) is 38.3 Å². The Bertz CT molecular complexity index is 466. The van der Waals surface area contributed by atoms with Gasteiger partial charge >= 0.3 is 6.18 Å². The molecule has 0 saturated heterocycles. The number of alkyl halides is 3. The van der Waals surface area contributed by atoms with E-state index in [9.17, 15) is 23.3 Å². The molecule has 0 aliphatic carbocycles. The molecule has 106 valence electrons.